The first-order chi connectivity index (χ1) is 9.28. The molecule has 1 heterocycles. The maximum Gasteiger partial charge on any atom is 0.161 e. The number of nitrogens with zero attached hydrogens (tertiary/aromatic N) is 1. The molecule has 0 fully saturated rings. The van der Waals surface area contributed by atoms with Gasteiger partial charge in [0.25, 0.3) is 0 Å². The molecular formula is C16H12NO2. The van der Waals surface area contributed by atoms with Gasteiger partial charge in [0.2, 0.25) is 0 Å². The summed E-state index contributed by atoms with van der Waals surface area (Å²) in [6.45, 7) is 0. The summed E-state index contributed by atoms with van der Waals surface area (Å²) >= 11 is 0. The Kier molecular flexibility index (Phi) is 2.80. The number of phenolic OH excluding ortho intramolecular Hbond substituents is 1. The van der Waals surface area contributed by atoms with E-state index in [9.17, 15) is 5.11 Å². The summed E-state index contributed by atoms with van der Waals surface area (Å²) in [4.78, 5) is 4.56. The van der Waals surface area contributed by atoms with Crippen molar-refractivity contribution >= 4 is 10.9 Å². The van der Waals surface area contributed by atoms with Crippen LogP contribution in [0.1, 0.15) is 0 Å². The first kappa shape index (κ1) is 11.5. The van der Waals surface area contributed by atoms with Crippen LogP contribution in [0.3, 0.4) is 0 Å². The lowest BCUT2D eigenvalue weighted by Gasteiger charge is -2.07. The number of rotatable bonds is 2. The van der Waals surface area contributed by atoms with E-state index in [1.165, 1.54) is 7.11 Å². The van der Waals surface area contributed by atoms with Gasteiger partial charge < -0.3 is 9.84 Å². The molecule has 0 saturated carbocycles. The molecule has 1 radical (unpaired) electrons. The molecule has 3 aromatic rings. The normalized spacial score (nSPS) is 10.6. The molecule has 0 aliphatic heterocycles. The van der Waals surface area contributed by atoms with E-state index in [4.69, 9.17) is 4.74 Å². The van der Waals surface area contributed by atoms with Gasteiger partial charge in [-0.05, 0) is 30.3 Å². The number of pyridine rings is 1. The lowest BCUT2D eigenvalue weighted by Crippen LogP contribution is -1.88. The average Bonchev–Trinajstić information content (AvgIpc) is 2.47. The Hall–Kier alpha value is -2.55. The second-order valence-corrected chi connectivity index (χ2v) is 4.19. The molecule has 3 rings (SSSR count). The molecule has 3 heteroatoms. The lowest BCUT2D eigenvalue weighted by molar-refractivity contribution is 0.373. The molecule has 0 atom stereocenters. The van der Waals surface area contributed by atoms with Gasteiger partial charge in [-0.25, -0.2) is 4.98 Å². The highest BCUT2D eigenvalue weighted by molar-refractivity contribution is 5.81. The molecule has 93 valence electrons. The monoisotopic (exact) mass is 250 g/mol. The summed E-state index contributed by atoms with van der Waals surface area (Å²) in [5.74, 6) is 0.549. The van der Waals surface area contributed by atoms with Gasteiger partial charge in [0.15, 0.2) is 11.5 Å². The SMILES string of the molecule is COc1cc(-c2[c]cc3ccccc3n2)ccc1O. The van der Waals surface area contributed by atoms with Crippen molar-refractivity contribution in [2.75, 3.05) is 7.11 Å². The third kappa shape index (κ3) is 2.10. The lowest BCUT2D eigenvalue weighted by atomic mass is 10.1. The Balaban J connectivity index is 2.13. The fourth-order valence-electron chi connectivity index (χ4n) is 1.98. The van der Waals surface area contributed by atoms with Crippen molar-refractivity contribution < 1.29 is 9.84 Å². The molecule has 0 spiro atoms. The molecular weight excluding hydrogens is 238 g/mol. The van der Waals surface area contributed by atoms with Crippen molar-refractivity contribution in [1.29, 1.82) is 0 Å². The molecule has 0 unspecified atom stereocenters. The molecule has 0 bridgehead atoms. The van der Waals surface area contributed by atoms with Crippen molar-refractivity contribution in [1.82, 2.24) is 4.98 Å². The molecule has 0 saturated heterocycles. The zero-order valence-electron chi connectivity index (χ0n) is 10.4. The Bertz CT molecular complexity index is 738. The summed E-state index contributed by atoms with van der Waals surface area (Å²) in [6.07, 6.45) is 0. The van der Waals surface area contributed by atoms with E-state index in [0.717, 1.165) is 22.2 Å². The number of phenols is 1. The average molecular weight is 250 g/mol. The van der Waals surface area contributed by atoms with Crippen LogP contribution in [0, 0.1) is 6.07 Å². The van der Waals surface area contributed by atoms with Gasteiger partial charge in [-0.1, -0.05) is 18.2 Å². The zero-order valence-corrected chi connectivity index (χ0v) is 10.4. The number of benzene rings is 2. The van der Waals surface area contributed by atoms with Crippen molar-refractivity contribution in [3.05, 3.63) is 54.6 Å². The van der Waals surface area contributed by atoms with Crippen LogP contribution < -0.4 is 4.74 Å². The van der Waals surface area contributed by atoms with Gasteiger partial charge in [-0.2, -0.15) is 0 Å². The minimum Gasteiger partial charge on any atom is -0.504 e. The second-order valence-electron chi connectivity index (χ2n) is 4.19. The highest BCUT2D eigenvalue weighted by atomic mass is 16.5. The molecule has 0 amide bonds. The highest BCUT2D eigenvalue weighted by Crippen LogP contribution is 2.31. The number of para-hydroxylation sites is 1. The molecule has 0 aliphatic rings. The molecule has 3 nitrogen and oxygen atoms in total. The number of methoxy groups -OCH3 is 1. The van der Waals surface area contributed by atoms with Crippen LogP contribution in [0.15, 0.2) is 48.5 Å². The van der Waals surface area contributed by atoms with E-state index >= 15 is 0 Å². The fourth-order valence-corrected chi connectivity index (χ4v) is 1.98. The van der Waals surface area contributed by atoms with Gasteiger partial charge in [0, 0.05) is 17.0 Å². The second kappa shape index (κ2) is 4.61. The van der Waals surface area contributed by atoms with Gasteiger partial charge >= 0.3 is 0 Å². The highest BCUT2D eigenvalue weighted by Gasteiger charge is 2.06. The van der Waals surface area contributed by atoms with Crippen LogP contribution in [-0.4, -0.2) is 17.2 Å². The Morgan fingerprint density at radius 2 is 2.00 bits per heavy atom. The van der Waals surface area contributed by atoms with E-state index in [1.807, 2.05) is 30.3 Å². The van der Waals surface area contributed by atoms with Crippen molar-refractivity contribution in [3.8, 4) is 22.8 Å². The zero-order chi connectivity index (χ0) is 13.2. The minimum atomic E-state index is 0.118. The predicted octanol–water partition coefficient (Wildman–Crippen LogP) is 3.42. The number of hydrogen-bond donors (Lipinski definition) is 1. The number of ether oxygens (including phenoxy) is 1. The van der Waals surface area contributed by atoms with Crippen LogP contribution in [0.4, 0.5) is 0 Å². The number of fused-ring (bicyclic) bond motifs is 1. The smallest absolute Gasteiger partial charge is 0.161 e. The van der Waals surface area contributed by atoms with Crippen molar-refractivity contribution in [3.63, 3.8) is 0 Å². The topological polar surface area (TPSA) is 42.4 Å². The summed E-state index contributed by atoms with van der Waals surface area (Å²) in [7, 11) is 1.52. The van der Waals surface area contributed by atoms with Crippen LogP contribution in [-0.2, 0) is 0 Å². The quantitative estimate of drug-likeness (QED) is 0.757. The van der Waals surface area contributed by atoms with Crippen LogP contribution in [0.25, 0.3) is 22.2 Å². The summed E-state index contributed by atoms with van der Waals surface area (Å²) < 4.78 is 5.10. The molecule has 19 heavy (non-hydrogen) atoms. The third-order valence-electron chi connectivity index (χ3n) is 2.99. The third-order valence-corrected chi connectivity index (χ3v) is 2.99. The first-order valence-corrected chi connectivity index (χ1v) is 5.93. The Morgan fingerprint density at radius 3 is 2.84 bits per heavy atom. The van der Waals surface area contributed by atoms with Crippen LogP contribution >= 0.6 is 0 Å². The Labute approximate surface area is 111 Å². The number of hydrogen-bond acceptors (Lipinski definition) is 3. The largest absolute Gasteiger partial charge is 0.504 e. The van der Waals surface area contributed by atoms with Crippen molar-refractivity contribution in [2.24, 2.45) is 0 Å². The first-order valence-electron chi connectivity index (χ1n) is 5.93. The van der Waals surface area contributed by atoms with E-state index in [1.54, 1.807) is 18.2 Å². The maximum absolute atomic E-state index is 9.60. The van der Waals surface area contributed by atoms with Gasteiger partial charge in [0.1, 0.15) is 0 Å². The summed E-state index contributed by atoms with van der Waals surface area (Å²) in [5, 5.41) is 10.7. The summed E-state index contributed by atoms with van der Waals surface area (Å²) in [6, 6.07) is 18.1. The van der Waals surface area contributed by atoms with E-state index in [0.29, 0.717) is 5.75 Å². The number of aromatic nitrogens is 1. The van der Waals surface area contributed by atoms with E-state index < -0.39 is 0 Å². The van der Waals surface area contributed by atoms with Crippen LogP contribution in [0.5, 0.6) is 11.5 Å². The van der Waals surface area contributed by atoms with E-state index in [2.05, 4.69) is 11.1 Å². The summed E-state index contributed by atoms with van der Waals surface area (Å²) in [5.41, 5.74) is 2.51. The van der Waals surface area contributed by atoms with Crippen LogP contribution in [0.2, 0.25) is 0 Å². The van der Waals surface area contributed by atoms with Gasteiger partial charge in [0.05, 0.1) is 18.3 Å². The molecule has 2 aromatic carbocycles. The number of aromatic hydroxyl groups is 1. The van der Waals surface area contributed by atoms with Gasteiger partial charge in [-0.15, -0.1) is 0 Å². The minimum absolute atomic E-state index is 0.118. The van der Waals surface area contributed by atoms with E-state index in [-0.39, 0.29) is 5.75 Å². The molecule has 0 aliphatic carbocycles. The standard InChI is InChI=1S/C16H12NO2/c1-19-16-10-12(7-9-15(16)18)14-8-6-11-4-2-3-5-13(11)17-14/h2-7,9-10,18H,1H3. The van der Waals surface area contributed by atoms with Gasteiger partial charge in [-0.3, -0.25) is 0 Å². The van der Waals surface area contributed by atoms with Crippen molar-refractivity contribution in [2.45, 2.75) is 0 Å². The fraction of sp³-hybridized carbons (Fsp3) is 0.0625. The maximum atomic E-state index is 9.60. The Morgan fingerprint density at radius 1 is 1.16 bits per heavy atom. The molecule has 1 aromatic heterocycles. The predicted molar refractivity (Wildman–Crippen MR) is 74.2 cm³/mol. The molecule has 1 N–H and O–H groups in total.